The maximum atomic E-state index is 13.1. The Kier molecular flexibility index (Phi) is 6.44. The van der Waals surface area contributed by atoms with Crippen LogP contribution in [0.4, 0.5) is 0 Å². The third-order valence-electron chi connectivity index (χ3n) is 7.75. The van der Waals surface area contributed by atoms with Gasteiger partial charge in [0.25, 0.3) is 0 Å². The second-order valence-electron chi connectivity index (χ2n) is 9.42. The first-order chi connectivity index (χ1) is 14.5. The lowest BCUT2D eigenvalue weighted by Gasteiger charge is -2.43. The normalized spacial score (nSPS) is 24.6. The van der Waals surface area contributed by atoms with E-state index in [2.05, 4.69) is 16.8 Å². The number of benzene rings is 1. The van der Waals surface area contributed by atoms with Crippen LogP contribution in [0.25, 0.3) is 0 Å². The molecule has 0 radical (unpaired) electrons. The molecule has 3 aliphatic heterocycles. The average Bonchev–Trinajstić information content (AvgIpc) is 2.80. The lowest BCUT2D eigenvalue weighted by atomic mass is 9.72. The molecule has 1 aromatic rings. The van der Waals surface area contributed by atoms with Crippen LogP contribution in [0.2, 0.25) is 0 Å². The van der Waals surface area contributed by atoms with Crippen LogP contribution in [0.3, 0.4) is 0 Å². The summed E-state index contributed by atoms with van der Waals surface area (Å²) in [5.74, 6) is -0.432. The van der Waals surface area contributed by atoms with Crippen LogP contribution in [0.1, 0.15) is 44.1 Å². The summed E-state index contributed by atoms with van der Waals surface area (Å²) in [7, 11) is 2.19. The Bertz CT molecular complexity index is 729. The highest BCUT2D eigenvalue weighted by atomic mass is 16.4. The molecule has 0 atom stereocenters. The largest absolute Gasteiger partial charge is 0.481 e. The number of carbonyl (C=O) groups excluding carboxylic acids is 1. The highest BCUT2D eigenvalue weighted by molar-refractivity contribution is 5.83. The Morgan fingerprint density at radius 2 is 1.50 bits per heavy atom. The molecule has 0 saturated carbocycles. The molecule has 1 amide bonds. The Morgan fingerprint density at radius 3 is 2.07 bits per heavy atom. The van der Waals surface area contributed by atoms with Crippen molar-refractivity contribution in [2.45, 2.75) is 50.0 Å². The van der Waals surface area contributed by atoms with E-state index in [0.717, 1.165) is 31.5 Å². The predicted molar refractivity (Wildman–Crippen MR) is 116 cm³/mol. The van der Waals surface area contributed by atoms with Crippen LogP contribution >= 0.6 is 0 Å². The predicted octanol–water partition coefficient (Wildman–Crippen LogP) is 2.44. The number of piperidine rings is 3. The van der Waals surface area contributed by atoms with Gasteiger partial charge in [0.2, 0.25) is 5.91 Å². The smallest absolute Gasteiger partial charge is 0.314 e. The minimum atomic E-state index is -0.866. The molecule has 6 nitrogen and oxygen atoms in total. The maximum Gasteiger partial charge on any atom is 0.314 e. The third-order valence-corrected chi connectivity index (χ3v) is 7.75. The van der Waals surface area contributed by atoms with Gasteiger partial charge in [-0.15, -0.1) is 0 Å². The molecule has 3 heterocycles. The fourth-order valence-electron chi connectivity index (χ4n) is 5.62. The number of amides is 1. The molecule has 1 aromatic carbocycles. The molecule has 0 aliphatic carbocycles. The van der Waals surface area contributed by atoms with Gasteiger partial charge in [0.05, 0.1) is 5.41 Å². The number of hydrogen-bond donors (Lipinski definition) is 1. The quantitative estimate of drug-likeness (QED) is 0.821. The molecule has 0 unspecified atom stereocenters. The second kappa shape index (κ2) is 9.06. The van der Waals surface area contributed by atoms with Gasteiger partial charge in [-0.1, -0.05) is 30.3 Å². The molecular weight excluding hydrogens is 378 g/mol. The van der Waals surface area contributed by atoms with Crippen molar-refractivity contribution in [2.75, 3.05) is 46.3 Å². The number of rotatable bonds is 4. The van der Waals surface area contributed by atoms with Gasteiger partial charge in [-0.25, -0.2) is 0 Å². The fourth-order valence-corrected chi connectivity index (χ4v) is 5.62. The summed E-state index contributed by atoms with van der Waals surface area (Å²) >= 11 is 0. The van der Waals surface area contributed by atoms with Gasteiger partial charge in [0, 0.05) is 25.0 Å². The van der Waals surface area contributed by atoms with Crippen molar-refractivity contribution < 1.29 is 14.7 Å². The van der Waals surface area contributed by atoms with E-state index in [1.165, 1.54) is 25.9 Å². The van der Waals surface area contributed by atoms with E-state index in [1.807, 2.05) is 35.2 Å². The van der Waals surface area contributed by atoms with Crippen LogP contribution in [-0.2, 0) is 15.0 Å². The van der Waals surface area contributed by atoms with Gasteiger partial charge >= 0.3 is 5.97 Å². The average molecular weight is 414 g/mol. The summed E-state index contributed by atoms with van der Waals surface area (Å²) in [6.45, 7) is 5.45. The van der Waals surface area contributed by atoms with E-state index in [9.17, 15) is 14.7 Å². The van der Waals surface area contributed by atoms with Gasteiger partial charge in [-0.2, -0.15) is 0 Å². The molecule has 0 bridgehead atoms. The van der Waals surface area contributed by atoms with Gasteiger partial charge in [0.15, 0.2) is 0 Å². The number of aliphatic carboxylic acids is 1. The third kappa shape index (κ3) is 4.26. The highest BCUT2D eigenvalue weighted by Gasteiger charge is 2.44. The van der Waals surface area contributed by atoms with Gasteiger partial charge in [0.1, 0.15) is 0 Å². The molecule has 164 valence electrons. The molecule has 0 spiro atoms. The summed E-state index contributed by atoms with van der Waals surface area (Å²) in [4.78, 5) is 32.2. The van der Waals surface area contributed by atoms with Gasteiger partial charge in [-0.3, -0.25) is 9.59 Å². The number of hydrogen-bond acceptors (Lipinski definition) is 4. The molecule has 3 aliphatic rings. The Morgan fingerprint density at radius 1 is 0.900 bits per heavy atom. The molecule has 3 fully saturated rings. The zero-order valence-electron chi connectivity index (χ0n) is 18.1. The number of likely N-dealkylation sites (tertiary alicyclic amines) is 3. The summed E-state index contributed by atoms with van der Waals surface area (Å²) in [6, 6.07) is 10.2. The van der Waals surface area contributed by atoms with E-state index in [0.29, 0.717) is 32.0 Å². The first-order valence-electron chi connectivity index (χ1n) is 11.5. The Balaban J connectivity index is 1.31. The van der Waals surface area contributed by atoms with Crippen LogP contribution in [-0.4, -0.2) is 84.0 Å². The van der Waals surface area contributed by atoms with E-state index in [-0.39, 0.29) is 11.8 Å². The fraction of sp³-hybridized carbons (Fsp3) is 0.667. The van der Waals surface area contributed by atoms with Crippen LogP contribution in [0.5, 0.6) is 0 Å². The first-order valence-corrected chi connectivity index (χ1v) is 11.5. The van der Waals surface area contributed by atoms with Crippen LogP contribution < -0.4 is 0 Å². The molecule has 0 aromatic heterocycles. The minimum absolute atomic E-state index is 0.0987. The monoisotopic (exact) mass is 413 g/mol. The van der Waals surface area contributed by atoms with Crippen molar-refractivity contribution in [3.8, 4) is 0 Å². The standard InChI is InChI=1S/C24H35N3O3/c1-25-13-9-21(10-14-25)26-15-7-19(8-16-26)22(28)27-17-11-24(12-18-27,23(29)30)20-5-3-2-4-6-20/h2-6,19,21H,7-18H2,1H3,(H,29,30). The zero-order chi connectivity index (χ0) is 21.1. The van der Waals surface area contributed by atoms with Crippen molar-refractivity contribution in [3.63, 3.8) is 0 Å². The molecule has 3 saturated heterocycles. The van der Waals surface area contributed by atoms with Gasteiger partial charge in [-0.05, 0) is 77.3 Å². The summed E-state index contributed by atoms with van der Waals surface area (Å²) in [5, 5.41) is 9.97. The Hall–Kier alpha value is -1.92. The first kappa shape index (κ1) is 21.3. The van der Waals surface area contributed by atoms with Gasteiger partial charge < -0.3 is 19.8 Å². The van der Waals surface area contributed by atoms with Crippen LogP contribution in [0.15, 0.2) is 30.3 Å². The van der Waals surface area contributed by atoms with Crippen molar-refractivity contribution in [1.29, 1.82) is 0 Å². The molecule has 6 heteroatoms. The zero-order valence-corrected chi connectivity index (χ0v) is 18.1. The number of carbonyl (C=O) groups is 2. The second-order valence-corrected chi connectivity index (χ2v) is 9.42. The minimum Gasteiger partial charge on any atom is -0.481 e. The van der Waals surface area contributed by atoms with E-state index in [4.69, 9.17) is 0 Å². The molecule has 1 N–H and O–H groups in total. The van der Waals surface area contributed by atoms with Crippen molar-refractivity contribution in [1.82, 2.24) is 14.7 Å². The molecule has 4 rings (SSSR count). The lowest BCUT2D eigenvalue weighted by molar-refractivity contribution is -0.149. The van der Waals surface area contributed by atoms with Crippen molar-refractivity contribution in [2.24, 2.45) is 5.92 Å². The van der Waals surface area contributed by atoms with E-state index in [1.54, 1.807) is 0 Å². The topological polar surface area (TPSA) is 64.1 Å². The summed E-state index contributed by atoms with van der Waals surface area (Å²) < 4.78 is 0. The molecule has 30 heavy (non-hydrogen) atoms. The SMILES string of the molecule is CN1CCC(N2CCC(C(=O)N3CCC(C(=O)O)(c4ccccc4)CC3)CC2)CC1. The van der Waals surface area contributed by atoms with Crippen molar-refractivity contribution in [3.05, 3.63) is 35.9 Å². The highest BCUT2D eigenvalue weighted by Crippen LogP contribution is 2.37. The lowest BCUT2D eigenvalue weighted by Crippen LogP contribution is -2.52. The summed E-state index contributed by atoms with van der Waals surface area (Å²) in [6.07, 6.45) is 5.32. The maximum absolute atomic E-state index is 13.1. The van der Waals surface area contributed by atoms with Crippen molar-refractivity contribution >= 4 is 11.9 Å². The molecular formula is C24H35N3O3. The Labute approximate surface area is 179 Å². The number of carboxylic acids is 1. The summed E-state index contributed by atoms with van der Waals surface area (Å²) in [5.41, 5.74) is -0.00809. The number of nitrogens with zero attached hydrogens (tertiary/aromatic N) is 3. The van der Waals surface area contributed by atoms with Crippen LogP contribution in [0, 0.1) is 5.92 Å². The number of carboxylic acid groups (broad SMARTS) is 1. The van der Waals surface area contributed by atoms with E-state index < -0.39 is 11.4 Å². The van der Waals surface area contributed by atoms with E-state index >= 15 is 0 Å².